The van der Waals surface area contributed by atoms with Crippen LogP contribution < -0.4 is 20.5 Å². The molecule has 0 aliphatic rings. The number of halogens is 3. The summed E-state index contributed by atoms with van der Waals surface area (Å²) >= 11 is 0. The number of ether oxygens (including phenoxy) is 2. The van der Waals surface area contributed by atoms with Gasteiger partial charge >= 0.3 is 6.36 Å². The summed E-state index contributed by atoms with van der Waals surface area (Å²) in [7, 11) is 0. The van der Waals surface area contributed by atoms with Gasteiger partial charge in [0.1, 0.15) is 18.1 Å². The number of nitrogens with one attached hydrogen (secondary N) is 1. The largest absolute Gasteiger partial charge is 0.573 e. The number of alkyl halides is 3. The quantitative estimate of drug-likeness (QED) is 0.472. The second kappa shape index (κ2) is 8.27. The maximum Gasteiger partial charge on any atom is 0.573 e. The smallest absolute Gasteiger partial charge is 0.492 e. The summed E-state index contributed by atoms with van der Waals surface area (Å²) in [6, 6.07) is 12.8. The minimum Gasteiger partial charge on any atom is -0.492 e. The summed E-state index contributed by atoms with van der Waals surface area (Å²) < 4.78 is 45.6. The molecule has 8 heteroatoms. The highest BCUT2D eigenvalue weighted by Crippen LogP contribution is 2.23. The molecular weight excluding hydrogens is 335 g/mol. The third kappa shape index (κ3) is 7.03. The van der Waals surface area contributed by atoms with Gasteiger partial charge in [-0.25, -0.2) is 4.99 Å². The molecule has 2 aromatic rings. The first-order chi connectivity index (χ1) is 11.8. The zero-order valence-electron chi connectivity index (χ0n) is 13.5. The Morgan fingerprint density at radius 2 is 1.84 bits per heavy atom. The average Bonchev–Trinajstić information content (AvgIpc) is 2.52. The van der Waals surface area contributed by atoms with E-state index in [-0.39, 0.29) is 11.7 Å². The van der Waals surface area contributed by atoms with E-state index in [2.05, 4.69) is 15.0 Å². The van der Waals surface area contributed by atoms with E-state index in [1.54, 1.807) is 0 Å². The van der Waals surface area contributed by atoms with Crippen LogP contribution in [0.15, 0.2) is 53.5 Å². The summed E-state index contributed by atoms with van der Waals surface area (Å²) in [5.74, 6) is 0.583. The molecule has 0 unspecified atom stereocenters. The molecule has 0 aromatic heterocycles. The number of nitrogens with zero attached hydrogens (tertiary/aromatic N) is 1. The van der Waals surface area contributed by atoms with E-state index >= 15 is 0 Å². The predicted octanol–water partition coefficient (Wildman–Crippen LogP) is 3.70. The van der Waals surface area contributed by atoms with Crippen LogP contribution in [0.5, 0.6) is 11.5 Å². The van der Waals surface area contributed by atoms with Crippen molar-refractivity contribution in [3.63, 3.8) is 0 Å². The topological polar surface area (TPSA) is 68.9 Å². The molecule has 0 spiro atoms. The van der Waals surface area contributed by atoms with E-state index in [1.165, 1.54) is 24.3 Å². The van der Waals surface area contributed by atoms with Crippen LogP contribution in [0.25, 0.3) is 0 Å². The number of aryl methyl sites for hydroxylation is 1. The normalized spacial score (nSPS) is 11.9. The van der Waals surface area contributed by atoms with Crippen molar-refractivity contribution in [1.82, 2.24) is 0 Å². The predicted molar refractivity (Wildman–Crippen MR) is 89.9 cm³/mol. The van der Waals surface area contributed by atoms with Gasteiger partial charge in [0.25, 0.3) is 0 Å². The minimum atomic E-state index is -4.72. The number of guanidine groups is 1. The van der Waals surface area contributed by atoms with Gasteiger partial charge < -0.3 is 20.5 Å². The van der Waals surface area contributed by atoms with Crippen LogP contribution in [0.2, 0.25) is 0 Å². The minimum absolute atomic E-state index is 0.136. The number of hydrogen-bond donors (Lipinski definition) is 2. The number of benzene rings is 2. The average molecular weight is 353 g/mol. The third-order valence-electron chi connectivity index (χ3n) is 2.99. The van der Waals surface area contributed by atoms with E-state index in [1.807, 2.05) is 31.2 Å². The summed E-state index contributed by atoms with van der Waals surface area (Å²) in [5.41, 5.74) is 7.31. The van der Waals surface area contributed by atoms with Gasteiger partial charge in [-0.05, 0) is 48.9 Å². The van der Waals surface area contributed by atoms with E-state index in [4.69, 9.17) is 10.5 Å². The fourth-order valence-corrected chi connectivity index (χ4v) is 1.96. The fourth-order valence-electron chi connectivity index (χ4n) is 1.96. The van der Waals surface area contributed by atoms with E-state index < -0.39 is 6.36 Å². The molecule has 2 rings (SSSR count). The molecule has 0 radical (unpaired) electrons. The Kier molecular flexibility index (Phi) is 6.10. The summed E-state index contributed by atoms with van der Waals surface area (Å²) in [5, 5.41) is 2.78. The lowest BCUT2D eigenvalue weighted by atomic mass is 10.2. The maximum absolute atomic E-state index is 12.1. The van der Waals surface area contributed by atoms with Gasteiger partial charge in [-0.1, -0.05) is 12.1 Å². The van der Waals surface area contributed by atoms with Crippen LogP contribution in [0.4, 0.5) is 18.9 Å². The van der Waals surface area contributed by atoms with E-state index in [0.29, 0.717) is 18.8 Å². The van der Waals surface area contributed by atoms with Crippen LogP contribution in [-0.4, -0.2) is 25.5 Å². The standard InChI is InChI=1S/C17H18F3N3O2/c1-12-3-2-4-15(11-12)24-10-9-22-16(21)23-13-5-7-14(8-6-13)25-17(18,19)20/h2-8,11H,9-10H2,1H3,(H3,21,22,23). The molecule has 0 fully saturated rings. The van der Waals surface area contributed by atoms with Crippen molar-refractivity contribution < 1.29 is 22.6 Å². The number of rotatable bonds is 6. The monoisotopic (exact) mass is 353 g/mol. The van der Waals surface area contributed by atoms with Crippen LogP contribution in [0.1, 0.15) is 5.56 Å². The van der Waals surface area contributed by atoms with Crippen LogP contribution in [-0.2, 0) is 0 Å². The Bertz CT molecular complexity index is 716. The van der Waals surface area contributed by atoms with Crippen molar-refractivity contribution in [3.8, 4) is 11.5 Å². The molecule has 25 heavy (non-hydrogen) atoms. The van der Waals surface area contributed by atoms with Crippen molar-refractivity contribution in [2.24, 2.45) is 10.7 Å². The van der Waals surface area contributed by atoms with Gasteiger partial charge in [0.2, 0.25) is 0 Å². The van der Waals surface area contributed by atoms with Gasteiger partial charge in [0, 0.05) is 5.69 Å². The Hall–Kier alpha value is -2.90. The molecule has 2 aromatic carbocycles. The second-order valence-electron chi connectivity index (χ2n) is 5.13. The van der Waals surface area contributed by atoms with Crippen molar-refractivity contribution >= 4 is 11.6 Å². The third-order valence-corrected chi connectivity index (χ3v) is 2.99. The van der Waals surface area contributed by atoms with Crippen LogP contribution in [0, 0.1) is 6.92 Å². The van der Waals surface area contributed by atoms with Crippen molar-refractivity contribution in [2.75, 3.05) is 18.5 Å². The molecule has 0 atom stereocenters. The SMILES string of the molecule is Cc1cccc(OCCN=C(N)Nc2ccc(OC(F)(F)F)cc2)c1. The zero-order chi connectivity index (χ0) is 18.3. The van der Waals surface area contributed by atoms with Crippen LogP contribution >= 0.6 is 0 Å². The highest BCUT2D eigenvalue weighted by atomic mass is 19.4. The van der Waals surface area contributed by atoms with E-state index in [0.717, 1.165) is 11.3 Å². The van der Waals surface area contributed by atoms with Gasteiger partial charge in [-0.3, -0.25) is 0 Å². The maximum atomic E-state index is 12.1. The highest BCUT2D eigenvalue weighted by molar-refractivity contribution is 5.92. The molecule has 5 nitrogen and oxygen atoms in total. The van der Waals surface area contributed by atoms with Crippen molar-refractivity contribution in [3.05, 3.63) is 54.1 Å². The number of hydrogen-bond acceptors (Lipinski definition) is 3. The molecule has 0 amide bonds. The number of nitrogens with two attached hydrogens (primary N) is 1. The van der Waals surface area contributed by atoms with E-state index in [9.17, 15) is 13.2 Å². The molecule has 134 valence electrons. The summed E-state index contributed by atoms with van der Waals surface area (Å²) in [6.45, 7) is 2.66. The zero-order valence-corrected chi connectivity index (χ0v) is 13.5. The lowest BCUT2D eigenvalue weighted by Gasteiger charge is -2.10. The Labute approximate surface area is 143 Å². The molecule has 0 heterocycles. The van der Waals surface area contributed by atoms with Gasteiger partial charge in [0.05, 0.1) is 6.54 Å². The van der Waals surface area contributed by atoms with Gasteiger partial charge in [0.15, 0.2) is 5.96 Å². The molecule has 0 saturated carbocycles. The first-order valence-corrected chi connectivity index (χ1v) is 7.44. The van der Waals surface area contributed by atoms with Gasteiger partial charge in [-0.15, -0.1) is 13.2 Å². The Morgan fingerprint density at radius 3 is 2.48 bits per heavy atom. The fraction of sp³-hybridized carbons (Fsp3) is 0.235. The highest BCUT2D eigenvalue weighted by Gasteiger charge is 2.30. The number of aliphatic imine (C=N–C) groups is 1. The first-order valence-electron chi connectivity index (χ1n) is 7.44. The Balaban J connectivity index is 1.78. The second-order valence-corrected chi connectivity index (χ2v) is 5.13. The summed E-state index contributed by atoms with van der Waals surface area (Å²) in [6.07, 6.45) is -4.72. The molecule has 0 saturated heterocycles. The lowest BCUT2D eigenvalue weighted by Crippen LogP contribution is -2.23. The van der Waals surface area contributed by atoms with Gasteiger partial charge in [-0.2, -0.15) is 0 Å². The lowest BCUT2D eigenvalue weighted by molar-refractivity contribution is -0.274. The van der Waals surface area contributed by atoms with Crippen molar-refractivity contribution in [2.45, 2.75) is 13.3 Å². The number of anilines is 1. The first kappa shape index (κ1) is 18.4. The molecule has 0 aliphatic heterocycles. The molecule has 0 bridgehead atoms. The molecule has 0 aliphatic carbocycles. The van der Waals surface area contributed by atoms with Crippen molar-refractivity contribution in [1.29, 1.82) is 0 Å². The summed E-state index contributed by atoms with van der Waals surface area (Å²) in [4.78, 5) is 4.09. The Morgan fingerprint density at radius 1 is 1.12 bits per heavy atom. The van der Waals surface area contributed by atoms with Crippen LogP contribution in [0.3, 0.4) is 0 Å². The molecular formula is C17H18F3N3O2. The molecule has 3 N–H and O–H groups in total.